The molecule has 1 aromatic rings. The van der Waals surface area contributed by atoms with Gasteiger partial charge in [-0.1, -0.05) is 30.3 Å². The Bertz CT molecular complexity index is 501. The van der Waals surface area contributed by atoms with Gasteiger partial charge in [0, 0.05) is 13.2 Å². The Hall–Kier alpha value is -2.08. The van der Waals surface area contributed by atoms with Gasteiger partial charge in [-0.2, -0.15) is 0 Å². The zero-order valence-electron chi connectivity index (χ0n) is 13.5. The number of carbonyl (C=O) groups excluding carboxylic acids is 2. The topological polar surface area (TPSA) is 79.5 Å². The van der Waals surface area contributed by atoms with Crippen molar-refractivity contribution < 1.29 is 14.3 Å². The molecule has 0 radical (unpaired) electrons. The largest absolute Gasteiger partial charge is 0.376 e. The molecule has 0 aromatic heterocycles. The van der Waals surface area contributed by atoms with E-state index in [1.165, 1.54) is 5.56 Å². The summed E-state index contributed by atoms with van der Waals surface area (Å²) in [6.07, 6.45) is 2.83. The second kappa shape index (κ2) is 9.15. The van der Waals surface area contributed by atoms with Crippen LogP contribution in [0.15, 0.2) is 30.3 Å². The van der Waals surface area contributed by atoms with Gasteiger partial charge in [-0.25, -0.2) is 4.79 Å². The summed E-state index contributed by atoms with van der Waals surface area (Å²) in [6.45, 7) is 3.19. The van der Waals surface area contributed by atoms with Crippen molar-refractivity contribution in [1.82, 2.24) is 16.0 Å². The Balaban J connectivity index is 1.57. The summed E-state index contributed by atoms with van der Waals surface area (Å²) in [6, 6.07) is 9.54. The molecule has 1 saturated heterocycles. The summed E-state index contributed by atoms with van der Waals surface area (Å²) in [5.41, 5.74) is 1.17. The molecule has 1 aromatic carbocycles. The minimum Gasteiger partial charge on any atom is -0.376 e. The van der Waals surface area contributed by atoms with Gasteiger partial charge in [-0.15, -0.1) is 0 Å². The number of amides is 3. The first-order chi connectivity index (χ1) is 11.1. The fourth-order valence-electron chi connectivity index (χ4n) is 2.56. The molecule has 0 aliphatic carbocycles. The summed E-state index contributed by atoms with van der Waals surface area (Å²) in [4.78, 5) is 23.5. The summed E-state index contributed by atoms with van der Waals surface area (Å²) >= 11 is 0. The van der Waals surface area contributed by atoms with Crippen LogP contribution in [0.3, 0.4) is 0 Å². The second-order valence-corrected chi connectivity index (χ2v) is 5.75. The smallest absolute Gasteiger partial charge is 0.315 e. The zero-order chi connectivity index (χ0) is 16.5. The first kappa shape index (κ1) is 17.3. The molecule has 23 heavy (non-hydrogen) atoms. The Morgan fingerprint density at radius 3 is 2.74 bits per heavy atom. The van der Waals surface area contributed by atoms with E-state index in [1.807, 2.05) is 37.3 Å². The minimum absolute atomic E-state index is 0.0289. The standard InChI is InChI=1S/C17H25N3O3/c1-13(15-8-5-11-23-15)20-17(22)19-12-16(21)18-10-9-14-6-3-2-4-7-14/h2-4,6-7,13,15H,5,8-12H2,1H3,(H,18,21)(H2,19,20,22)/t13-,15+/m1/s1. The van der Waals surface area contributed by atoms with Crippen LogP contribution in [0.2, 0.25) is 0 Å². The van der Waals surface area contributed by atoms with Crippen LogP contribution >= 0.6 is 0 Å². The predicted molar refractivity (Wildman–Crippen MR) is 88.1 cm³/mol. The highest BCUT2D eigenvalue weighted by Crippen LogP contribution is 2.15. The Kier molecular flexibility index (Phi) is 6.87. The molecular weight excluding hydrogens is 294 g/mol. The van der Waals surface area contributed by atoms with Crippen molar-refractivity contribution in [2.45, 2.75) is 38.3 Å². The molecule has 3 amide bonds. The number of hydrogen-bond donors (Lipinski definition) is 3. The van der Waals surface area contributed by atoms with Crippen LogP contribution < -0.4 is 16.0 Å². The maximum Gasteiger partial charge on any atom is 0.315 e. The van der Waals surface area contributed by atoms with Crippen LogP contribution in [0.25, 0.3) is 0 Å². The summed E-state index contributed by atoms with van der Waals surface area (Å²) < 4.78 is 5.51. The molecule has 0 spiro atoms. The maximum absolute atomic E-state index is 11.8. The van der Waals surface area contributed by atoms with Crippen molar-refractivity contribution in [3.63, 3.8) is 0 Å². The van der Waals surface area contributed by atoms with Crippen LogP contribution in [0, 0.1) is 0 Å². The minimum atomic E-state index is -0.341. The van der Waals surface area contributed by atoms with E-state index in [-0.39, 0.29) is 30.6 Å². The van der Waals surface area contributed by atoms with Gasteiger partial charge in [0.1, 0.15) is 0 Å². The lowest BCUT2D eigenvalue weighted by Crippen LogP contribution is -2.48. The molecule has 6 heteroatoms. The van der Waals surface area contributed by atoms with Gasteiger partial charge in [0.25, 0.3) is 0 Å². The van der Waals surface area contributed by atoms with Crippen molar-refractivity contribution >= 4 is 11.9 Å². The highest BCUT2D eigenvalue weighted by molar-refractivity contribution is 5.83. The third kappa shape index (κ3) is 6.28. The van der Waals surface area contributed by atoms with Crippen molar-refractivity contribution in [1.29, 1.82) is 0 Å². The quantitative estimate of drug-likeness (QED) is 0.707. The molecule has 0 saturated carbocycles. The highest BCUT2D eigenvalue weighted by atomic mass is 16.5. The predicted octanol–water partition coefficient (Wildman–Crippen LogP) is 1.21. The van der Waals surface area contributed by atoms with Crippen LogP contribution in [0.1, 0.15) is 25.3 Å². The lowest BCUT2D eigenvalue weighted by atomic mass is 10.1. The molecular formula is C17H25N3O3. The fraction of sp³-hybridized carbons (Fsp3) is 0.529. The molecule has 1 heterocycles. The average molecular weight is 319 g/mol. The number of benzene rings is 1. The van der Waals surface area contributed by atoms with Gasteiger partial charge in [-0.05, 0) is 31.7 Å². The van der Waals surface area contributed by atoms with E-state index in [0.29, 0.717) is 6.54 Å². The summed E-state index contributed by atoms with van der Waals surface area (Å²) in [5, 5.41) is 8.16. The first-order valence-electron chi connectivity index (χ1n) is 8.12. The maximum atomic E-state index is 11.8. The number of ether oxygens (including phenoxy) is 1. The Morgan fingerprint density at radius 1 is 1.26 bits per heavy atom. The van der Waals surface area contributed by atoms with Crippen molar-refractivity contribution in [3.8, 4) is 0 Å². The van der Waals surface area contributed by atoms with Gasteiger partial charge < -0.3 is 20.7 Å². The van der Waals surface area contributed by atoms with Crippen LogP contribution in [0.5, 0.6) is 0 Å². The molecule has 2 rings (SSSR count). The van der Waals surface area contributed by atoms with E-state index in [9.17, 15) is 9.59 Å². The molecule has 0 bridgehead atoms. The highest BCUT2D eigenvalue weighted by Gasteiger charge is 2.23. The Morgan fingerprint density at radius 2 is 2.04 bits per heavy atom. The van der Waals surface area contributed by atoms with Crippen molar-refractivity contribution in [2.24, 2.45) is 0 Å². The van der Waals surface area contributed by atoms with E-state index < -0.39 is 0 Å². The zero-order valence-corrected chi connectivity index (χ0v) is 13.5. The molecule has 0 unspecified atom stereocenters. The third-order valence-electron chi connectivity index (χ3n) is 3.87. The number of nitrogens with one attached hydrogen (secondary N) is 3. The fourth-order valence-corrected chi connectivity index (χ4v) is 2.56. The van der Waals surface area contributed by atoms with Gasteiger partial charge in [0.2, 0.25) is 5.91 Å². The third-order valence-corrected chi connectivity index (χ3v) is 3.87. The van der Waals surface area contributed by atoms with Gasteiger partial charge in [0.05, 0.1) is 18.7 Å². The SMILES string of the molecule is C[C@@H](NC(=O)NCC(=O)NCCc1ccccc1)[C@@H]1CCCO1. The average Bonchev–Trinajstić information content (AvgIpc) is 3.08. The van der Waals surface area contributed by atoms with E-state index in [4.69, 9.17) is 4.74 Å². The molecule has 1 aliphatic heterocycles. The molecule has 3 N–H and O–H groups in total. The van der Waals surface area contributed by atoms with Crippen LogP contribution in [-0.4, -0.2) is 43.8 Å². The lowest BCUT2D eigenvalue weighted by Gasteiger charge is -2.20. The monoisotopic (exact) mass is 319 g/mol. The molecule has 6 nitrogen and oxygen atoms in total. The van der Waals surface area contributed by atoms with Crippen LogP contribution in [-0.2, 0) is 16.0 Å². The van der Waals surface area contributed by atoms with E-state index in [1.54, 1.807) is 0 Å². The lowest BCUT2D eigenvalue weighted by molar-refractivity contribution is -0.120. The Labute approximate surface area is 137 Å². The number of urea groups is 1. The van der Waals surface area contributed by atoms with E-state index >= 15 is 0 Å². The van der Waals surface area contributed by atoms with E-state index in [0.717, 1.165) is 25.9 Å². The molecule has 126 valence electrons. The molecule has 2 atom stereocenters. The number of rotatable bonds is 7. The molecule has 1 fully saturated rings. The second-order valence-electron chi connectivity index (χ2n) is 5.75. The van der Waals surface area contributed by atoms with Gasteiger partial charge >= 0.3 is 6.03 Å². The first-order valence-corrected chi connectivity index (χ1v) is 8.12. The van der Waals surface area contributed by atoms with E-state index in [2.05, 4.69) is 16.0 Å². The van der Waals surface area contributed by atoms with Crippen LogP contribution in [0.4, 0.5) is 4.79 Å². The van der Waals surface area contributed by atoms with Crippen molar-refractivity contribution in [2.75, 3.05) is 19.7 Å². The number of carbonyl (C=O) groups is 2. The normalized spacial score (nSPS) is 18.2. The molecule has 1 aliphatic rings. The number of hydrogen-bond acceptors (Lipinski definition) is 3. The van der Waals surface area contributed by atoms with Gasteiger partial charge in [-0.3, -0.25) is 4.79 Å². The summed E-state index contributed by atoms with van der Waals surface area (Å²) in [5.74, 6) is -0.194. The van der Waals surface area contributed by atoms with Crippen molar-refractivity contribution in [3.05, 3.63) is 35.9 Å². The van der Waals surface area contributed by atoms with Gasteiger partial charge in [0.15, 0.2) is 0 Å². The summed E-state index contributed by atoms with van der Waals surface area (Å²) in [7, 11) is 0.